The van der Waals surface area contributed by atoms with Crippen LogP contribution in [0.4, 0.5) is 0 Å². The first-order valence-corrected chi connectivity index (χ1v) is 27.8. The largest absolute Gasteiger partial charge is 0.462 e. The lowest BCUT2D eigenvalue weighted by atomic mass is 10.0. The second kappa shape index (κ2) is 53.7. The molecule has 0 fully saturated rings. The van der Waals surface area contributed by atoms with E-state index >= 15 is 0 Å². The van der Waals surface area contributed by atoms with Crippen LogP contribution in [0.1, 0.15) is 278 Å². The molecule has 6 heteroatoms. The third kappa shape index (κ3) is 51.9. The zero-order valence-electron chi connectivity index (χ0n) is 43.0. The molecule has 0 rings (SSSR count). The number of hydrogen-bond acceptors (Lipinski definition) is 6. The van der Waals surface area contributed by atoms with E-state index in [1.807, 2.05) is 0 Å². The number of allylic oxidation sites excluding steroid dienone is 10. The van der Waals surface area contributed by atoms with Crippen LogP contribution < -0.4 is 0 Å². The van der Waals surface area contributed by atoms with Crippen molar-refractivity contribution in [1.82, 2.24) is 0 Å². The predicted octanol–water partition coefficient (Wildman–Crippen LogP) is 18.4. The predicted molar refractivity (Wildman–Crippen MR) is 279 cm³/mol. The molecule has 1 atom stereocenters. The summed E-state index contributed by atoms with van der Waals surface area (Å²) in [5.41, 5.74) is 0. The second-order valence-electron chi connectivity index (χ2n) is 18.5. The lowest BCUT2D eigenvalue weighted by Gasteiger charge is -2.18. The molecule has 65 heavy (non-hydrogen) atoms. The number of rotatable bonds is 50. The highest BCUT2D eigenvalue weighted by Gasteiger charge is 2.19. The van der Waals surface area contributed by atoms with Gasteiger partial charge < -0.3 is 14.2 Å². The topological polar surface area (TPSA) is 78.9 Å². The SMILES string of the molecule is CC/C=C\C/C=C\C/C=C\CCCCCCCCCC(=O)OCC(COC(=O)CCCCCCCCCCCCCCCCC)OC(=O)CCCCCCC/C=C\C/C=C\CCCCC. The molecule has 0 aromatic carbocycles. The Morgan fingerprint density at radius 1 is 0.323 bits per heavy atom. The maximum Gasteiger partial charge on any atom is 0.306 e. The van der Waals surface area contributed by atoms with E-state index in [1.165, 1.54) is 128 Å². The van der Waals surface area contributed by atoms with Gasteiger partial charge in [0.2, 0.25) is 0 Å². The van der Waals surface area contributed by atoms with Crippen LogP contribution in [-0.4, -0.2) is 37.2 Å². The van der Waals surface area contributed by atoms with E-state index in [-0.39, 0.29) is 31.1 Å². The van der Waals surface area contributed by atoms with Gasteiger partial charge in [-0.1, -0.05) is 236 Å². The van der Waals surface area contributed by atoms with Crippen molar-refractivity contribution < 1.29 is 28.6 Å². The Hall–Kier alpha value is -2.89. The second-order valence-corrected chi connectivity index (χ2v) is 18.5. The van der Waals surface area contributed by atoms with Crippen LogP contribution in [0.2, 0.25) is 0 Å². The number of hydrogen-bond donors (Lipinski definition) is 0. The number of unbranched alkanes of at least 4 members (excludes halogenated alkanes) is 29. The Kier molecular flexibility index (Phi) is 51.3. The standard InChI is InChI=1S/C59H104O6/c1-4-7-10-13-16-19-22-25-28-29-32-34-37-40-43-46-49-52-58(61)64-55-56(65-59(62)53-50-47-44-41-38-35-31-27-24-21-18-15-12-9-6-3)54-63-57(60)51-48-45-42-39-36-33-30-26-23-20-17-14-11-8-5-2/h7,10,16,18-19,21,25,27-28,31,56H,4-6,8-9,11-15,17,20,22-24,26,29-30,32-55H2,1-3H3/b10-7-,19-16-,21-18-,28-25-,31-27-. The van der Waals surface area contributed by atoms with Gasteiger partial charge in [0.1, 0.15) is 13.2 Å². The van der Waals surface area contributed by atoms with Crippen molar-refractivity contribution in [1.29, 1.82) is 0 Å². The number of carbonyl (C=O) groups is 3. The van der Waals surface area contributed by atoms with Crippen LogP contribution in [0.15, 0.2) is 60.8 Å². The Morgan fingerprint density at radius 2 is 0.600 bits per heavy atom. The summed E-state index contributed by atoms with van der Waals surface area (Å²) in [5, 5.41) is 0. The van der Waals surface area contributed by atoms with E-state index in [0.717, 1.165) is 109 Å². The van der Waals surface area contributed by atoms with E-state index in [0.29, 0.717) is 19.3 Å². The van der Waals surface area contributed by atoms with Crippen LogP contribution in [0.25, 0.3) is 0 Å². The maximum absolute atomic E-state index is 12.8. The van der Waals surface area contributed by atoms with E-state index < -0.39 is 6.10 Å². The highest BCUT2D eigenvalue weighted by atomic mass is 16.6. The van der Waals surface area contributed by atoms with Crippen molar-refractivity contribution >= 4 is 17.9 Å². The van der Waals surface area contributed by atoms with Gasteiger partial charge in [-0.25, -0.2) is 0 Å². The van der Waals surface area contributed by atoms with Gasteiger partial charge >= 0.3 is 17.9 Å². The molecule has 0 bridgehead atoms. The van der Waals surface area contributed by atoms with Gasteiger partial charge in [0, 0.05) is 19.3 Å². The monoisotopic (exact) mass is 909 g/mol. The minimum atomic E-state index is -0.784. The van der Waals surface area contributed by atoms with E-state index in [1.54, 1.807) is 0 Å². The fourth-order valence-corrected chi connectivity index (χ4v) is 7.84. The number of carbonyl (C=O) groups excluding carboxylic acids is 3. The molecule has 0 heterocycles. The summed E-state index contributed by atoms with van der Waals surface area (Å²) in [5.74, 6) is -0.895. The van der Waals surface area contributed by atoms with Crippen molar-refractivity contribution in [2.24, 2.45) is 0 Å². The number of esters is 3. The van der Waals surface area contributed by atoms with Gasteiger partial charge in [-0.05, 0) is 83.5 Å². The van der Waals surface area contributed by atoms with Crippen LogP contribution >= 0.6 is 0 Å². The van der Waals surface area contributed by atoms with Crippen molar-refractivity contribution in [2.45, 2.75) is 284 Å². The van der Waals surface area contributed by atoms with Crippen LogP contribution in [-0.2, 0) is 28.6 Å². The first-order chi connectivity index (χ1) is 32.0. The molecule has 6 nitrogen and oxygen atoms in total. The lowest BCUT2D eigenvalue weighted by Crippen LogP contribution is -2.30. The lowest BCUT2D eigenvalue weighted by molar-refractivity contribution is -0.167. The molecule has 0 N–H and O–H groups in total. The molecule has 376 valence electrons. The van der Waals surface area contributed by atoms with Crippen molar-refractivity contribution in [3.63, 3.8) is 0 Å². The Labute approximate surface area is 402 Å². The van der Waals surface area contributed by atoms with Crippen LogP contribution in [0, 0.1) is 0 Å². The summed E-state index contributed by atoms with van der Waals surface area (Å²) < 4.78 is 16.8. The summed E-state index contributed by atoms with van der Waals surface area (Å²) in [4.78, 5) is 38.1. The van der Waals surface area contributed by atoms with Crippen molar-refractivity contribution in [3.05, 3.63) is 60.8 Å². The summed E-state index contributed by atoms with van der Waals surface area (Å²) >= 11 is 0. The van der Waals surface area contributed by atoms with Gasteiger partial charge in [-0.2, -0.15) is 0 Å². The summed E-state index contributed by atoms with van der Waals surface area (Å²) in [6.07, 6.45) is 66.3. The summed E-state index contributed by atoms with van der Waals surface area (Å²) in [7, 11) is 0. The summed E-state index contributed by atoms with van der Waals surface area (Å²) in [6.45, 7) is 6.51. The molecule has 0 saturated carbocycles. The molecule has 0 aliphatic rings. The zero-order valence-corrected chi connectivity index (χ0v) is 43.0. The third-order valence-corrected chi connectivity index (χ3v) is 12.0. The van der Waals surface area contributed by atoms with Gasteiger partial charge in [-0.3, -0.25) is 14.4 Å². The Morgan fingerprint density at radius 3 is 0.969 bits per heavy atom. The van der Waals surface area contributed by atoms with Gasteiger partial charge in [0.15, 0.2) is 6.10 Å². The number of ether oxygens (including phenoxy) is 3. The molecule has 0 spiro atoms. The van der Waals surface area contributed by atoms with E-state index in [2.05, 4.69) is 81.5 Å². The molecule has 0 aromatic rings. The minimum Gasteiger partial charge on any atom is -0.462 e. The molecule has 0 amide bonds. The first-order valence-electron chi connectivity index (χ1n) is 27.8. The molecular weight excluding hydrogens is 805 g/mol. The van der Waals surface area contributed by atoms with Crippen LogP contribution in [0.5, 0.6) is 0 Å². The molecule has 0 radical (unpaired) electrons. The Balaban J connectivity index is 4.39. The smallest absolute Gasteiger partial charge is 0.306 e. The third-order valence-electron chi connectivity index (χ3n) is 12.0. The Bertz CT molecular complexity index is 1180. The zero-order chi connectivity index (χ0) is 47.2. The quantitative estimate of drug-likeness (QED) is 0.0262. The van der Waals surface area contributed by atoms with E-state index in [9.17, 15) is 14.4 Å². The first kappa shape index (κ1) is 62.1. The van der Waals surface area contributed by atoms with Crippen LogP contribution in [0.3, 0.4) is 0 Å². The molecule has 0 aromatic heterocycles. The molecule has 0 aliphatic carbocycles. The van der Waals surface area contributed by atoms with Gasteiger partial charge in [-0.15, -0.1) is 0 Å². The normalized spacial score (nSPS) is 12.5. The highest BCUT2D eigenvalue weighted by molar-refractivity contribution is 5.71. The van der Waals surface area contributed by atoms with Gasteiger partial charge in [0.25, 0.3) is 0 Å². The molecule has 1 unspecified atom stereocenters. The molecule has 0 aliphatic heterocycles. The minimum absolute atomic E-state index is 0.0808. The summed E-state index contributed by atoms with van der Waals surface area (Å²) in [6, 6.07) is 0. The fourth-order valence-electron chi connectivity index (χ4n) is 7.84. The van der Waals surface area contributed by atoms with Crippen molar-refractivity contribution in [2.75, 3.05) is 13.2 Å². The average Bonchev–Trinajstić information content (AvgIpc) is 3.30. The molecular formula is C59H104O6. The fraction of sp³-hybridized carbons (Fsp3) is 0.780. The maximum atomic E-state index is 12.8. The highest BCUT2D eigenvalue weighted by Crippen LogP contribution is 2.16. The molecule has 0 saturated heterocycles. The van der Waals surface area contributed by atoms with Gasteiger partial charge in [0.05, 0.1) is 0 Å². The van der Waals surface area contributed by atoms with E-state index in [4.69, 9.17) is 14.2 Å². The van der Waals surface area contributed by atoms with Crippen molar-refractivity contribution in [3.8, 4) is 0 Å². The average molecular weight is 909 g/mol.